The molecule has 0 spiro atoms. The first-order valence-electron chi connectivity index (χ1n) is 7.63. The van der Waals surface area contributed by atoms with Gasteiger partial charge in [-0.3, -0.25) is 4.98 Å². The quantitative estimate of drug-likeness (QED) is 0.850. The van der Waals surface area contributed by atoms with Gasteiger partial charge in [-0.1, -0.05) is 45.0 Å². The molecule has 3 nitrogen and oxygen atoms in total. The predicted molar refractivity (Wildman–Crippen MR) is 89.3 cm³/mol. The molecule has 0 aliphatic carbocycles. The zero-order valence-electron chi connectivity index (χ0n) is 13.1. The lowest BCUT2D eigenvalue weighted by molar-refractivity contribution is 0.549. The number of nitrogen functional groups attached to an aromatic ring is 1. The Bertz CT molecular complexity index is 561. The fourth-order valence-electron chi connectivity index (χ4n) is 2.50. The maximum atomic E-state index is 6.04. The number of nitrogens with one attached hydrogen (secondary N) is 1. The molecule has 2 rings (SSSR count). The van der Waals surface area contributed by atoms with Crippen LogP contribution in [0.1, 0.15) is 49.4 Å². The Morgan fingerprint density at radius 1 is 1.10 bits per heavy atom. The van der Waals surface area contributed by atoms with Gasteiger partial charge in [0.15, 0.2) is 0 Å². The van der Waals surface area contributed by atoms with Gasteiger partial charge in [0, 0.05) is 24.1 Å². The number of pyridine rings is 1. The van der Waals surface area contributed by atoms with Crippen LogP contribution in [0.5, 0.6) is 0 Å². The minimum Gasteiger partial charge on any atom is -0.398 e. The highest BCUT2D eigenvalue weighted by Crippen LogP contribution is 2.23. The third-order valence-corrected chi connectivity index (χ3v) is 3.82. The van der Waals surface area contributed by atoms with Gasteiger partial charge in [0.05, 0.1) is 0 Å². The molecule has 1 heterocycles. The van der Waals surface area contributed by atoms with Crippen molar-refractivity contribution >= 4 is 5.69 Å². The molecular weight excluding hydrogens is 258 g/mol. The highest BCUT2D eigenvalue weighted by atomic mass is 14.9. The van der Waals surface area contributed by atoms with Crippen molar-refractivity contribution in [2.24, 2.45) is 0 Å². The first kappa shape index (κ1) is 15.5. The lowest BCUT2D eigenvalue weighted by Gasteiger charge is -2.20. The zero-order chi connectivity index (χ0) is 15.2. The molecule has 0 aliphatic rings. The SMILES string of the molecule is CCNC(Cc1cnccc1N)c1ccc(C(C)C)cc1. The topological polar surface area (TPSA) is 50.9 Å². The molecular formula is C18H25N3. The summed E-state index contributed by atoms with van der Waals surface area (Å²) < 4.78 is 0. The van der Waals surface area contributed by atoms with E-state index in [2.05, 4.69) is 55.3 Å². The highest BCUT2D eigenvalue weighted by molar-refractivity contribution is 5.45. The maximum Gasteiger partial charge on any atom is 0.0378 e. The van der Waals surface area contributed by atoms with Crippen molar-refractivity contribution in [2.45, 2.75) is 39.2 Å². The van der Waals surface area contributed by atoms with Crippen LogP contribution in [0.15, 0.2) is 42.7 Å². The normalized spacial score (nSPS) is 12.6. The summed E-state index contributed by atoms with van der Waals surface area (Å²) in [6.45, 7) is 7.49. The fraction of sp³-hybridized carbons (Fsp3) is 0.389. The number of hydrogen-bond acceptors (Lipinski definition) is 3. The van der Waals surface area contributed by atoms with Gasteiger partial charge in [-0.25, -0.2) is 0 Å². The molecule has 112 valence electrons. The van der Waals surface area contributed by atoms with Crippen molar-refractivity contribution in [2.75, 3.05) is 12.3 Å². The molecule has 0 saturated heterocycles. The first-order chi connectivity index (χ1) is 10.1. The van der Waals surface area contributed by atoms with E-state index in [0.29, 0.717) is 5.92 Å². The Hall–Kier alpha value is -1.87. The Morgan fingerprint density at radius 3 is 2.33 bits per heavy atom. The number of nitrogens with two attached hydrogens (primary N) is 1. The van der Waals surface area contributed by atoms with Crippen LogP contribution in [0.3, 0.4) is 0 Å². The van der Waals surface area contributed by atoms with E-state index in [9.17, 15) is 0 Å². The molecule has 0 radical (unpaired) electrons. The largest absolute Gasteiger partial charge is 0.398 e. The molecule has 1 aromatic carbocycles. The second-order valence-corrected chi connectivity index (χ2v) is 5.71. The minimum atomic E-state index is 0.266. The summed E-state index contributed by atoms with van der Waals surface area (Å²) in [7, 11) is 0. The van der Waals surface area contributed by atoms with Crippen LogP contribution in [0.4, 0.5) is 5.69 Å². The summed E-state index contributed by atoms with van der Waals surface area (Å²) in [6.07, 6.45) is 4.45. The van der Waals surface area contributed by atoms with Crippen LogP contribution in [-0.2, 0) is 6.42 Å². The fourth-order valence-corrected chi connectivity index (χ4v) is 2.50. The summed E-state index contributed by atoms with van der Waals surface area (Å²) in [5.74, 6) is 0.561. The van der Waals surface area contributed by atoms with Gasteiger partial charge in [0.2, 0.25) is 0 Å². The minimum absolute atomic E-state index is 0.266. The molecule has 0 bridgehead atoms. The van der Waals surface area contributed by atoms with Gasteiger partial charge >= 0.3 is 0 Å². The maximum absolute atomic E-state index is 6.04. The summed E-state index contributed by atoms with van der Waals surface area (Å²) >= 11 is 0. The standard InChI is InChI=1S/C18H25N3/c1-4-21-18(11-16-12-20-10-9-17(16)19)15-7-5-14(6-8-15)13(2)3/h5-10,12-13,18,21H,4,11H2,1-3H3,(H2,19,20). The van der Waals surface area contributed by atoms with Crippen molar-refractivity contribution < 1.29 is 0 Å². The van der Waals surface area contributed by atoms with Crippen LogP contribution in [0.25, 0.3) is 0 Å². The predicted octanol–water partition coefficient (Wildman–Crippen LogP) is 3.68. The smallest absolute Gasteiger partial charge is 0.0378 e. The second-order valence-electron chi connectivity index (χ2n) is 5.71. The van der Waals surface area contributed by atoms with E-state index < -0.39 is 0 Å². The molecule has 0 amide bonds. The number of anilines is 1. The molecule has 1 atom stereocenters. The van der Waals surface area contributed by atoms with Crippen molar-refractivity contribution in [3.05, 3.63) is 59.4 Å². The summed E-state index contributed by atoms with van der Waals surface area (Å²) in [5, 5.41) is 3.54. The van der Waals surface area contributed by atoms with E-state index in [0.717, 1.165) is 24.2 Å². The lowest BCUT2D eigenvalue weighted by atomic mass is 9.95. The van der Waals surface area contributed by atoms with Crippen LogP contribution in [-0.4, -0.2) is 11.5 Å². The first-order valence-corrected chi connectivity index (χ1v) is 7.63. The summed E-state index contributed by atoms with van der Waals surface area (Å²) in [6, 6.07) is 11.0. The molecule has 0 aliphatic heterocycles. The molecule has 3 heteroatoms. The number of rotatable bonds is 6. The van der Waals surface area contributed by atoms with Crippen LogP contribution in [0, 0.1) is 0 Å². The van der Waals surface area contributed by atoms with E-state index in [1.807, 2.05) is 12.3 Å². The number of hydrogen-bond donors (Lipinski definition) is 2. The average molecular weight is 283 g/mol. The van der Waals surface area contributed by atoms with E-state index in [1.165, 1.54) is 11.1 Å². The van der Waals surface area contributed by atoms with Gasteiger partial charge in [-0.15, -0.1) is 0 Å². The molecule has 0 fully saturated rings. The number of nitrogens with zero attached hydrogens (tertiary/aromatic N) is 1. The van der Waals surface area contributed by atoms with E-state index >= 15 is 0 Å². The molecule has 3 N–H and O–H groups in total. The average Bonchev–Trinajstić information content (AvgIpc) is 2.49. The van der Waals surface area contributed by atoms with E-state index in [-0.39, 0.29) is 6.04 Å². The summed E-state index contributed by atoms with van der Waals surface area (Å²) in [4.78, 5) is 4.18. The molecule has 1 aromatic heterocycles. The van der Waals surface area contributed by atoms with E-state index in [4.69, 9.17) is 5.73 Å². The Balaban J connectivity index is 2.20. The van der Waals surface area contributed by atoms with Gasteiger partial charge in [-0.05, 0) is 41.6 Å². The monoisotopic (exact) mass is 283 g/mol. The molecule has 21 heavy (non-hydrogen) atoms. The van der Waals surface area contributed by atoms with Crippen LogP contribution in [0.2, 0.25) is 0 Å². The second kappa shape index (κ2) is 7.23. The van der Waals surface area contributed by atoms with Gasteiger partial charge in [0.1, 0.15) is 0 Å². The Morgan fingerprint density at radius 2 is 1.76 bits per heavy atom. The molecule has 0 saturated carbocycles. The number of aromatic nitrogens is 1. The number of likely N-dealkylation sites (N-methyl/N-ethyl adjacent to an activating group) is 1. The summed E-state index contributed by atoms with van der Waals surface area (Å²) in [5.41, 5.74) is 10.6. The van der Waals surface area contributed by atoms with Gasteiger partial charge < -0.3 is 11.1 Å². The highest BCUT2D eigenvalue weighted by Gasteiger charge is 2.13. The van der Waals surface area contributed by atoms with Gasteiger partial charge in [-0.2, -0.15) is 0 Å². The van der Waals surface area contributed by atoms with Crippen LogP contribution < -0.4 is 11.1 Å². The van der Waals surface area contributed by atoms with Crippen molar-refractivity contribution in [3.8, 4) is 0 Å². The third kappa shape index (κ3) is 4.05. The van der Waals surface area contributed by atoms with Gasteiger partial charge in [0.25, 0.3) is 0 Å². The van der Waals surface area contributed by atoms with Crippen LogP contribution >= 0.6 is 0 Å². The third-order valence-electron chi connectivity index (χ3n) is 3.82. The van der Waals surface area contributed by atoms with Crippen molar-refractivity contribution in [3.63, 3.8) is 0 Å². The van der Waals surface area contributed by atoms with Crippen molar-refractivity contribution in [1.82, 2.24) is 10.3 Å². The molecule has 2 aromatic rings. The van der Waals surface area contributed by atoms with E-state index in [1.54, 1.807) is 6.20 Å². The molecule has 1 unspecified atom stereocenters. The number of benzene rings is 1. The van der Waals surface area contributed by atoms with Crippen molar-refractivity contribution in [1.29, 1.82) is 0 Å². The Kier molecular flexibility index (Phi) is 5.34. The lowest BCUT2D eigenvalue weighted by Crippen LogP contribution is -2.23. The Labute approximate surface area is 127 Å². The zero-order valence-corrected chi connectivity index (χ0v) is 13.1.